The molecule has 0 atom stereocenters. The van der Waals surface area contributed by atoms with E-state index in [0.29, 0.717) is 12.3 Å². The van der Waals surface area contributed by atoms with E-state index in [0.717, 1.165) is 12.8 Å². The zero-order valence-corrected chi connectivity index (χ0v) is 11.6. The Morgan fingerprint density at radius 3 is 1.88 bits per heavy atom. The summed E-state index contributed by atoms with van der Waals surface area (Å²) in [5.41, 5.74) is 0.279. The monoisotopic (exact) mass is 226 g/mol. The van der Waals surface area contributed by atoms with Crippen LogP contribution in [0.4, 0.5) is 0 Å². The van der Waals surface area contributed by atoms with E-state index in [-0.39, 0.29) is 22.9 Å². The minimum Gasteiger partial charge on any atom is -0.462 e. The predicted octanol–water partition coefficient (Wildman–Crippen LogP) is 3.79. The van der Waals surface area contributed by atoms with Crippen molar-refractivity contribution in [3.8, 4) is 0 Å². The van der Waals surface area contributed by atoms with Gasteiger partial charge in [-0.15, -0.1) is 0 Å². The second-order valence-corrected chi connectivity index (χ2v) is 7.18. The fourth-order valence-electron chi connectivity index (χ4n) is 2.50. The zero-order valence-electron chi connectivity index (χ0n) is 11.6. The third-order valence-electron chi connectivity index (χ3n) is 3.28. The Labute approximate surface area is 99.8 Å². The van der Waals surface area contributed by atoms with Crippen LogP contribution in [-0.2, 0) is 9.53 Å². The molecule has 16 heavy (non-hydrogen) atoms. The Kier molecular flexibility index (Phi) is 3.71. The highest BCUT2D eigenvalue weighted by molar-refractivity contribution is 5.70. The first-order valence-corrected chi connectivity index (χ1v) is 6.30. The molecule has 0 spiro atoms. The molecule has 94 valence electrons. The van der Waals surface area contributed by atoms with Gasteiger partial charge >= 0.3 is 5.97 Å². The van der Waals surface area contributed by atoms with E-state index in [4.69, 9.17) is 4.74 Å². The number of carbonyl (C=O) groups is 1. The molecular weight excluding hydrogens is 200 g/mol. The second-order valence-electron chi connectivity index (χ2n) is 7.18. The van der Waals surface area contributed by atoms with Crippen molar-refractivity contribution in [2.45, 2.75) is 66.9 Å². The number of carbonyl (C=O) groups excluding carboxylic acids is 1. The Morgan fingerprint density at radius 2 is 1.56 bits per heavy atom. The summed E-state index contributed by atoms with van der Waals surface area (Å²) in [6.07, 6.45) is 2.89. The quantitative estimate of drug-likeness (QED) is 0.684. The molecule has 2 nitrogen and oxygen atoms in total. The SMILES string of the molecule is CC(C)(C)C(CC(=O)OC1CC1)C(C)(C)C. The minimum absolute atomic E-state index is 0.0163. The summed E-state index contributed by atoms with van der Waals surface area (Å²) >= 11 is 0. The third kappa shape index (κ3) is 4.15. The fraction of sp³-hybridized carbons (Fsp3) is 0.929. The van der Waals surface area contributed by atoms with Crippen molar-refractivity contribution in [2.75, 3.05) is 0 Å². The topological polar surface area (TPSA) is 26.3 Å². The first kappa shape index (κ1) is 13.5. The van der Waals surface area contributed by atoms with Gasteiger partial charge in [0.1, 0.15) is 6.10 Å². The fourth-order valence-corrected chi connectivity index (χ4v) is 2.50. The smallest absolute Gasteiger partial charge is 0.306 e. The maximum atomic E-state index is 11.8. The highest BCUT2D eigenvalue weighted by Gasteiger charge is 2.37. The van der Waals surface area contributed by atoms with Crippen LogP contribution in [0.1, 0.15) is 60.8 Å². The molecule has 0 bridgehead atoms. The highest BCUT2D eigenvalue weighted by atomic mass is 16.5. The van der Waals surface area contributed by atoms with E-state index in [1.807, 2.05) is 0 Å². The summed E-state index contributed by atoms with van der Waals surface area (Å²) in [7, 11) is 0. The second kappa shape index (κ2) is 4.38. The summed E-state index contributed by atoms with van der Waals surface area (Å²) in [5.74, 6) is 0.337. The van der Waals surface area contributed by atoms with Crippen molar-refractivity contribution >= 4 is 5.97 Å². The standard InChI is InChI=1S/C14H26O2/c1-13(2,3)11(14(4,5)6)9-12(15)16-10-7-8-10/h10-11H,7-9H2,1-6H3. The van der Waals surface area contributed by atoms with Crippen molar-refractivity contribution in [3.05, 3.63) is 0 Å². The van der Waals surface area contributed by atoms with Gasteiger partial charge in [-0.25, -0.2) is 0 Å². The van der Waals surface area contributed by atoms with Gasteiger partial charge in [0, 0.05) is 6.42 Å². The molecular formula is C14H26O2. The highest BCUT2D eigenvalue weighted by Crippen LogP contribution is 2.42. The number of hydrogen-bond donors (Lipinski definition) is 0. The van der Waals surface area contributed by atoms with E-state index in [9.17, 15) is 4.79 Å². The van der Waals surface area contributed by atoms with Crippen molar-refractivity contribution < 1.29 is 9.53 Å². The van der Waals surface area contributed by atoms with Gasteiger partial charge in [-0.1, -0.05) is 41.5 Å². The summed E-state index contributed by atoms with van der Waals surface area (Å²) in [6, 6.07) is 0. The first-order valence-electron chi connectivity index (χ1n) is 6.30. The van der Waals surface area contributed by atoms with Gasteiger partial charge in [-0.3, -0.25) is 4.79 Å². The molecule has 0 N–H and O–H groups in total. The summed E-state index contributed by atoms with van der Waals surface area (Å²) in [5, 5.41) is 0. The molecule has 0 heterocycles. The molecule has 2 heteroatoms. The van der Waals surface area contributed by atoms with Crippen LogP contribution >= 0.6 is 0 Å². The van der Waals surface area contributed by atoms with Crippen LogP contribution in [0.2, 0.25) is 0 Å². The number of esters is 1. The molecule has 1 aliphatic rings. The third-order valence-corrected chi connectivity index (χ3v) is 3.28. The van der Waals surface area contributed by atoms with E-state index in [1.165, 1.54) is 0 Å². The molecule has 0 aliphatic heterocycles. The van der Waals surface area contributed by atoms with Gasteiger partial charge in [-0.2, -0.15) is 0 Å². The van der Waals surface area contributed by atoms with Crippen molar-refractivity contribution in [3.63, 3.8) is 0 Å². The molecule has 1 rings (SSSR count). The summed E-state index contributed by atoms with van der Waals surface area (Å²) < 4.78 is 5.34. The van der Waals surface area contributed by atoms with Gasteiger partial charge in [0.05, 0.1) is 0 Å². The average Bonchev–Trinajstić information content (AvgIpc) is 2.79. The molecule has 0 unspecified atom stereocenters. The first-order chi connectivity index (χ1) is 7.10. The van der Waals surface area contributed by atoms with Crippen LogP contribution in [0, 0.1) is 16.7 Å². The van der Waals surface area contributed by atoms with Crippen LogP contribution in [-0.4, -0.2) is 12.1 Å². The van der Waals surface area contributed by atoms with Gasteiger partial charge in [0.2, 0.25) is 0 Å². The molecule has 1 saturated carbocycles. The predicted molar refractivity (Wildman–Crippen MR) is 66.1 cm³/mol. The molecule has 0 amide bonds. The van der Waals surface area contributed by atoms with Crippen molar-refractivity contribution in [2.24, 2.45) is 16.7 Å². The van der Waals surface area contributed by atoms with Crippen LogP contribution in [0.25, 0.3) is 0 Å². The molecule has 0 saturated heterocycles. The lowest BCUT2D eigenvalue weighted by Crippen LogP contribution is -2.35. The van der Waals surface area contributed by atoms with Crippen molar-refractivity contribution in [1.29, 1.82) is 0 Å². The Balaban J connectivity index is 2.59. The summed E-state index contributed by atoms with van der Waals surface area (Å²) in [4.78, 5) is 11.8. The maximum Gasteiger partial charge on any atom is 0.306 e. The number of ether oxygens (including phenoxy) is 1. The van der Waals surface area contributed by atoms with Crippen LogP contribution in [0.15, 0.2) is 0 Å². The molecule has 0 aromatic heterocycles. The molecule has 0 aromatic carbocycles. The van der Waals surface area contributed by atoms with Crippen LogP contribution in [0.3, 0.4) is 0 Å². The van der Waals surface area contributed by atoms with Gasteiger partial charge in [0.25, 0.3) is 0 Å². The Hall–Kier alpha value is -0.530. The Morgan fingerprint density at radius 1 is 1.12 bits per heavy atom. The molecule has 0 aromatic rings. The van der Waals surface area contributed by atoms with E-state index in [1.54, 1.807) is 0 Å². The van der Waals surface area contributed by atoms with E-state index < -0.39 is 0 Å². The van der Waals surface area contributed by atoms with Crippen LogP contribution < -0.4 is 0 Å². The van der Waals surface area contributed by atoms with Crippen molar-refractivity contribution in [1.82, 2.24) is 0 Å². The minimum atomic E-state index is -0.0163. The van der Waals surface area contributed by atoms with Gasteiger partial charge in [-0.05, 0) is 29.6 Å². The lowest BCUT2D eigenvalue weighted by molar-refractivity contribution is -0.148. The van der Waals surface area contributed by atoms with Gasteiger partial charge < -0.3 is 4.74 Å². The maximum absolute atomic E-state index is 11.8. The lowest BCUT2D eigenvalue weighted by atomic mass is 9.65. The molecule has 1 fully saturated rings. The normalized spacial score (nSPS) is 17.7. The lowest BCUT2D eigenvalue weighted by Gasteiger charge is -2.40. The van der Waals surface area contributed by atoms with Crippen LogP contribution in [0.5, 0.6) is 0 Å². The number of rotatable bonds is 3. The van der Waals surface area contributed by atoms with E-state index >= 15 is 0 Å². The Bertz CT molecular complexity index is 237. The number of hydrogen-bond acceptors (Lipinski definition) is 2. The summed E-state index contributed by atoms with van der Waals surface area (Å²) in [6.45, 7) is 13.2. The zero-order chi connectivity index (χ0) is 12.6. The average molecular weight is 226 g/mol. The van der Waals surface area contributed by atoms with Gasteiger partial charge in [0.15, 0.2) is 0 Å². The molecule has 1 aliphatic carbocycles. The molecule has 0 radical (unpaired) electrons. The largest absolute Gasteiger partial charge is 0.462 e. The van der Waals surface area contributed by atoms with E-state index in [2.05, 4.69) is 41.5 Å².